The summed E-state index contributed by atoms with van der Waals surface area (Å²) in [6.45, 7) is 0. The van der Waals surface area contributed by atoms with Gasteiger partial charge in [-0.2, -0.15) is 0 Å². The van der Waals surface area contributed by atoms with Gasteiger partial charge < -0.3 is 9.47 Å². The molecule has 4 aliphatic rings. The van der Waals surface area contributed by atoms with E-state index in [4.69, 9.17) is 9.47 Å². The standard InChI is InChI=1S/C18H22O4/c19-17-13-14(16(22-17)12-9-5-2-6-10-12)18(20)21-15(13)11-7-3-1-4-8-11/h11-12H,1-10H2. The molecule has 0 aromatic heterocycles. The van der Waals surface area contributed by atoms with Crippen LogP contribution in [0.4, 0.5) is 0 Å². The lowest BCUT2D eigenvalue weighted by atomic mass is 9.84. The maximum atomic E-state index is 12.4. The Balaban J connectivity index is 1.70. The van der Waals surface area contributed by atoms with Crippen molar-refractivity contribution in [1.29, 1.82) is 0 Å². The van der Waals surface area contributed by atoms with Crippen molar-refractivity contribution in [2.45, 2.75) is 64.2 Å². The summed E-state index contributed by atoms with van der Waals surface area (Å²) in [5.41, 5.74) is 0.912. The molecular weight excluding hydrogens is 280 g/mol. The van der Waals surface area contributed by atoms with Crippen molar-refractivity contribution >= 4 is 11.9 Å². The molecule has 0 bridgehead atoms. The second-order valence-electron chi connectivity index (χ2n) is 6.93. The highest BCUT2D eigenvalue weighted by molar-refractivity contribution is 6.14. The van der Waals surface area contributed by atoms with Gasteiger partial charge in [-0.1, -0.05) is 38.5 Å². The molecule has 0 spiro atoms. The summed E-state index contributed by atoms with van der Waals surface area (Å²) in [5, 5.41) is 0. The second kappa shape index (κ2) is 5.56. The molecule has 0 saturated heterocycles. The predicted octanol–water partition coefficient (Wildman–Crippen LogP) is 3.77. The topological polar surface area (TPSA) is 52.6 Å². The normalized spacial score (nSPS) is 27.3. The van der Waals surface area contributed by atoms with E-state index in [2.05, 4.69) is 0 Å². The number of ether oxygens (including phenoxy) is 2. The Morgan fingerprint density at radius 3 is 1.32 bits per heavy atom. The number of carbonyl (C=O) groups excluding carboxylic acids is 2. The molecular formula is C18H22O4. The maximum Gasteiger partial charge on any atom is 0.347 e. The summed E-state index contributed by atoms with van der Waals surface area (Å²) in [7, 11) is 0. The van der Waals surface area contributed by atoms with E-state index in [0.717, 1.165) is 51.4 Å². The molecule has 22 heavy (non-hydrogen) atoms. The molecule has 4 heteroatoms. The molecule has 0 amide bonds. The molecule has 0 unspecified atom stereocenters. The van der Waals surface area contributed by atoms with Crippen molar-refractivity contribution in [3.05, 3.63) is 22.7 Å². The Labute approximate surface area is 130 Å². The molecule has 2 saturated carbocycles. The highest BCUT2D eigenvalue weighted by Crippen LogP contribution is 2.46. The molecule has 0 aromatic rings. The van der Waals surface area contributed by atoms with Crippen LogP contribution in [0.1, 0.15) is 64.2 Å². The van der Waals surface area contributed by atoms with Gasteiger partial charge in [-0.15, -0.1) is 0 Å². The molecule has 4 rings (SSSR count). The fourth-order valence-corrected chi connectivity index (χ4v) is 4.36. The van der Waals surface area contributed by atoms with Gasteiger partial charge in [0.15, 0.2) is 0 Å². The van der Waals surface area contributed by atoms with Crippen LogP contribution in [0.25, 0.3) is 0 Å². The highest BCUT2D eigenvalue weighted by Gasteiger charge is 2.47. The molecule has 2 fully saturated rings. The van der Waals surface area contributed by atoms with E-state index >= 15 is 0 Å². The number of rotatable bonds is 2. The minimum absolute atomic E-state index is 0.212. The third-order valence-electron chi connectivity index (χ3n) is 5.51. The van der Waals surface area contributed by atoms with E-state index < -0.39 is 0 Å². The zero-order valence-electron chi connectivity index (χ0n) is 12.9. The number of carbonyl (C=O) groups is 2. The molecule has 0 aromatic carbocycles. The number of fused-ring (bicyclic) bond motifs is 1. The first-order valence-electron chi connectivity index (χ1n) is 8.69. The lowest BCUT2D eigenvalue weighted by Crippen LogP contribution is -2.15. The number of esters is 2. The van der Waals surface area contributed by atoms with E-state index in [0.29, 0.717) is 22.7 Å². The van der Waals surface area contributed by atoms with Crippen LogP contribution >= 0.6 is 0 Å². The Morgan fingerprint density at radius 1 is 0.591 bits per heavy atom. The fraction of sp³-hybridized carbons (Fsp3) is 0.667. The largest absolute Gasteiger partial charge is 0.426 e. The van der Waals surface area contributed by atoms with Crippen molar-refractivity contribution < 1.29 is 19.1 Å². The van der Waals surface area contributed by atoms with Gasteiger partial charge in [-0.25, -0.2) is 9.59 Å². The van der Waals surface area contributed by atoms with Gasteiger partial charge >= 0.3 is 11.9 Å². The third kappa shape index (κ3) is 2.20. The summed E-state index contributed by atoms with van der Waals surface area (Å²) in [6.07, 6.45) is 11.0. The highest BCUT2D eigenvalue weighted by atomic mass is 16.6. The monoisotopic (exact) mass is 302 g/mol. The fourth-order valence-electron chi connectivity index (χ4n) is 4.36. The van der Waals surface area contributed by atoms with Crippen LogP contribution in [0.5, 0.6) is 0 Å². The van der Waals surface area contributed by atoms with Gasteiger partial charge in [0, 0.05) is 11.8 Å². The van der Waals surface area contributed by atoms with E-state index in [1.165, 1.54) is 12.8 Å². The van der Waals surface area contributed by atoms with Crippen molar-refractivity contribution in [3.8, 4) is 0 Å². The zero-order chi connectivity index (χ0) is 15.1. The second-order valence-corrected chi connectivity index (χ2v) is 6.93. The van der Waals surface area contributed by atoms with Crippen LogP contribution in [-0.4, -0.2) is 11.9 Å². The number of hydrogen-bond donors (Lipinski definition) is 0. The summed E-state index contributed by atoms with van der Waals surface area (Å²) in [6, 6.07) is 0. The Bertz CT molecular complexity index is 520. The molecule has 4 nitrogen and oxygen atoms in total. The minimum Gasteiger partial charge on any atom is -0.426 e. The lowest BCUT2D eigenvalue weighted by Gasteiger charge is -2.23. The van der Waals surface area contributed by atoms with Crippen LogP contribution < -0.4 is 0 Å². The van der Waals surface area contributed by atoms with Crippen LogP contribution in [0.3, 0.4) is 0 Å². The summed E-state index contributed by atoms with van der Waals surface area (Å²) in [5.74, 6) is 0.918. The zero-order valence-corrected chi connectivity index (χ0v) is 12.9. The molecule has 0 atom stereocenters. The van der Waals surface area contributed by atoms with Gasteiger partial charge in [-0.3, -0.25) is 0 Å². The van der Waals surface area contributed by atoms with Gasteiger partial charge in [-0.05, 0) is 25.7 Å². The Kier molecular flexibility index (Phi) is 3.55. The van der Waals surface area contributed by atoms with E-state index in [1.807, 2.05) is 0 Å². The van der Waals surface area contributed by atoms with E-state index in [-0.39, 0.29) is 23.8 Å². The molecule has 2 heterocycles. The quantitative estimate of drug-likeness (QED) is 0.729. The van der Waals surface area contributed by atoms with Crippen molar-refractivity contribution in [3.63, 3.8) is 0 Å². The summed E-state index contributed by atoms with van der Waals surface area (Å²) in [4.78, 5) is 24.7. The first kappa shape index (κ1) is 14.0. The van der Waals surface area contributed by atoms with Crippen LogP contribution in [-0.2, 0) is 19.1 Å². The summed E-state index contributed by atoms with van der Waals surface area (Å²) >= 11 is 0. The minimum atomic E-state index is -0.359. The molecule has 0 radical (unpaired) electrons. The van der Waals surface area contributed by atoms with Crippen molar-refractivity contribution in [1.82, 2.24) is 0 Å². The average molecular weight is 302 g/mol. The molecule has 0 N–H and O–H groups in total. The van der Waals surface area contributed by atoms with E-state index in [1.54, 1.807) is 0 Å². The van der Waals surface area contributed by atoms with Crippen molar-refractivity contribution in [2.24, 2.45) is 11.8 Å². The SMILES string of the molecule is O=C1OC(C2CCCCC2)=C2C(=O)OC(C3CCCCC3)=C12. The maximum absolute atomic E-state index is 12.4. The van der Waals surface area contributed by atoms with E-state index in [9.17, 15) is 9.59 Å². The number of allylic oxidation sites excluding steroid dienone is 2. The summed E-state index contributed by atoms with van der Waals surface area (Å²) < 4.78 is 11.1. The first-order valence-corrected chi connectivity index (χ1v) is 8.69. The smallest absolute Gasteiger partial charge is 0.347 e. The van der Waals surface area contributed by atoms with Gasteiger partial charge in [0.1, 0.15) is 22.7 Å². The average Bonchev–Trinajstić information content (AvgIpc) is 3.09. The predicted molar refractivity (Wildman–Crippen MR) is 79.4 cm³/mol. The lowest BCUT2D eigenvalue weighted by molar-refractivity contribution is -0.135. The van der Waals surface area contributed by atoms with Gasteiger partial charge in [0.05, 0.1) is 0 Å². The molecule has 2 aliphatic carbocycles. The van der Waals surface area contributed by atoms with Gasteiger partial charge in [0.25, 0.3) is 0 Å². The Hall–Kier alpha value is -1.58. The molecule has 2 aliphatic heterocycles. The Morgan fingerprint density at radius 2 is 0.955 bits per heavy atom. The van der Waals surface area contributed by atoms with Crippen LogP contribution in [0, 0.1) is 11.8 Å². The number of hydrogen-bond acceptors (Lipinski definition) is 4. The van der Waals surface area contributed by atoms with Crippen molar-refractivity contribution in [2.75, 3.05) is 0 Å². The van der Waals surface area contributed by atoms with Gasteiger partial charge in [0.2, 0.25) is 0 Å². The third-order valence-corrected chi connectivity index (χ3v) is 5.51. The van der Waals surface area contributed by atoms with Crippen LogP contribution in [0.15, 0.2) is 22.7 Å². The molecule has 118 valence electrons. The first-order chi connectivity index (χ1) is 10.8. The van der Waals surface area contributed by atoms with Crippen LogP contribution in [0.2, 0.25) is 0 Å². The number of cyclic esters (lactones) is 2.